The molecule has 0 fully saturated rings. The third-order valence-corrected chi connectivity index (χ3v) is 0.989. The normalized spacial score (nSPS) is 12.8. The number of hydrogen-bond acceptors (Lipinski definition) is 4. The Hall–Kier alpha value is -0.610. The highest BCUT2D eigenvalue weighted by Gasteiger charge is 2.09. The van der Waals surface area contributed by atoms with Crippen molar-refractivity contribution in [1.29, 1.82) is 0 Å². The maximum Gasteiger partial charge on any atom is 0.341 e. The van der Waals surface area contributed by atoms with Crippen LogP contribution in [-0.2, 0) is 9.63 Å². The second-order valence-corrected chi connectivity index (χ2v) is 1.64. The van der Waals surface area contributed by atoms with E-state index < -0.39 is 0 Å². The number of likely N-dealkylation sites (N-methyl/N-ethyl adjacent to an activating group) is 1. The van der Waals surface area contributed by atoms with Crippen molar-refractivity contribution in [3.8, 4) is 0 Å². The Morgan fingerprint density at radius 2 is 2.11 bits per heavy atom. The number of carbonyl (C=O) groups is 1. The monoisotopic (exact) mass is 132 g/mol. The summed E-state index contributed by atoms with van der Waals surface area (Å²) in [7, 11) is 3.24. The second kappa shape index (κ2) is 4.29. The third-order valence-electron chi connectivity index (χ3n) is 0.989. The summed E-state index contributed by atoms with van der Waals surface area (Å²) in [5.74, 6) is -0.306. The smallest absolute Gasteiger partial charge is 0.341 e. The highest BCUT2D eigenvalue weighted by molar-refractivity contribution is 5.74. The van der Waals surface area contributed by atoms with Gasteiger partial charge in [0, 0.05) is 7.05 Å². The molecule has 0 aliphatic carbocycles. The lowest BCUT2D eigenvalue weighted by atomic mass is 10.4. The van der Waals surface area contributed by atoms with Crippen LogP contribution in [0.2, 0.25) is 0 Å². The zero-order valence-corrected chi connectivity index (χ0v) is 5.89. The van der Waals surface area contributed by atoms with Crippen LogP contribution in [-0.4, -0.2) is 26.1 Å². The molecule has 0 amide bonds. The molecule has 54 valence electrons. The average Bonchev–Trinajstić information content (AvgIpc) is 1.87. The predicted molar refractivity (Wildman–Crippen MR) is 33.7 cm³/mol. The molecule has 0 saturated heterocycles. The minimum absolute atomic E-state index is 0.252. The van der Waals surface area contributed by atoms with Gasteiger partial charge in [-0.05, 0) is 14.0 Å². The maximum absolute atomic E-state index is 10.6. The second-order valence-electron chi connectivity index (χ2n) is 1.64. The van der Waals surface area contributed by atoms with Gasteiger partial charge in [0.25, 0.3) is 0 Å². The molecule has 0 saturated carbocycles. The number of hydroxylamine groups is 1. The number of rotatable bonds is 3. The van der Waals surface area contributed by atoms with E-state index in [9.17, 15) is 4.79 Å². The van der Waals surface area contributed by atoms with E-state index in [1.807, 2.05) is 0 Å². The van der Waals surface area contributed by atoms with Crippen LogP contribution < -0.4 is 10.8 Å². The largest absolute Gasteiger partial charge is 0.370 e. The maximum atomic E-state index is 10.6. The molecule has 4 heteroatoms. The van der Waals surface area contributed by atoms with Crippen LogP contribution in [0.5, 0.6) is 0 Å². The van der Waals surface area contributed by atoms with Crippen molar-refractivity contribution in [2.24, 2.45) is 0 Å². The van der Waals surface area contributed by atoms with Gasteiger partial charge in [0.05, 0.1) is 0 Å². The fourth-order valence-electron chi connectivity index (χ4n) is 0.307. The van der Waals surface area contributed by atoms with Crippen molar-refractivity contribution in [2.75, 3.05) is 14.1 Å². The molecule has 0 aromatic rings. The fourth-order valence-corrected chi connectivity index (χ4v) is 0.307. The molecule has 0 radical (unpaired) electrons. The van der Waals surface area contributed by atoms with Gasteiger partial charge in [0.1, 0.15) is 6.04 Å². The van der Waals surface area contributed by atoms with Crippen LogP contribution in [0.4, 0.5) is 0 Å². The van der Waals surface area contributed by atoms with Crippen molar-refractivity contribution in [3.05, 3.63) is 0 Å². The fraction of sp³-hybridized carbons (Fsp3) is 0.800. The minimum Gasteiger partial charge on any atom is -0.370 e. The molecule has 0 spiro atoms. The average molecular weight is 132 g/mol. The van der Waals surface area contributed by atoms with E-state index in [0.29, 0.717) is 0 Å². The van der Waals surface area contributed by atoms with Gasteiger partial charge in [-0.3, -0.25) is 0 Å². The van der Waals surface area contributed by atoms with E-state index >= 15 is 0 Å². The van der Waals surface area contributed by atoms with E-state index in [4.69, 9.17) is 0 Å². The standard InChI is InChI=1S/C5H12N2O2/c1-4(6-2)5(8)9-7-3/h4,6-7H,1-3H3/t4-/m0/s1. The molecule has 0 aromatic carbocycles. The zero-order chi connectivity index (χ0) is 7.28. The van der Waals surface area contributed by atoms with Gasteiger partial charge < -0.3 is 10.2 Å². The van der Waals surface area contributed by atoms with Gasteiger partial charge in [-0.2, -0.15) is 5.48 Å². The first-order chi connectivity index (χ1) is 4.22. The van der Waals surface area contributed by atoms with Crippen LogP contribution in [0.25, 0.3) is 0 Å². The molecule has 0 rings (SSSR count). The molecule has 0 aliphatic rings. The molecule has 4 nitrogen and oxygen atoms in total. The van der Waals surface area contributed by atoms with Crippen LogP contribution in [0.15, 0.2) is 0 Å². The predicted octanol–water partition coefficient (Wildman–Crippen LogP) is -0.728. The Morgan fingerprint density at radius 1 is 1.56 bits per heavy atom. The summed E-state index contributed by atoms with van der Waals surface area (Å²) in [6, 6.07) is -0.252. The van der Waals surface area contributed by atoms with E-state index in [2.05, 4.69) is 15.6 Å². The first-order valence-electron chi connectivity index (χ1n) is 2.77. The Kier molecular flexibility index (Phi) is 4.00. The number of hydrogen-bond donors (Lipinski definition) is 2. The molecule has 0 aromatic heterocycles. The lowest BCUT2D eigenvalue weighted by Crippen LogP contribution is -2.34. The van der Waals surface area contributed by atoms with E-state index in [1.54, 1.807) is 21.0 Å². The quantitative estimate of drug-likeness (QED) is 0.497. The van der Waals surface area contributed by atoms with Crippen LogP contribution in [0.3, 0.4) is 0 Å². The Morgan fingerprint density at radius 3 is 2.44 bits per heavy atom. The Balaban J connectivity index is 3.46. The van der Waals surface area contributed by atoms with Gasteiger partial charge in [0.15, 0.2) is 0 Å². The van der Waals surface area contributed by atoms with Gasteiger partial charge in [-0.15, -0.1) is 0 Å². The van der Waals surface area contributed by atoms with Crippen molar-refractivity contribution < 1.29 is 9.63 Å². The Labute approximate surface area is 54.5 Å². The van der Waals surface area contributed by atoms with E-state index in [1.165, 1.54) is 0 Å². The molecular weight excluding hydrogens is 120 g/mol. The highest BCUT2D eigenvalue weighted by Crippen LogP contribution is 1.81. The molecule has 2 N–H and O–H groups in total. The van der Waals surface area contributed by atoms with Crippen molar-refractivity contribution >= 4 is 5.97 Å². The lowest BCUT2D eigenvalue weighted by Gasteiger charge is -2.06. The summed E-state index contributed by atoms with van der Waals surface area (Å²) in [6.07, 6.45) is 0. The minimum atomic E-state index is -0.306. The molecule has 1 atom stereocenters. The summed E-state index contributed by atoms with van der Waals surface area (Å²) >= 11 is 0. The number of nitrogens with one attached hydrogen (secondary N) is 2. The lowest BCUT2D eigenvalue weighted by molar-refractivity contribution is -0.151. The van der Waals surface area contributed by atoms with E-state index in [0.717, 1.165) is 0 Å². The summed E-state index contributed by atoms with van der Waals surface area (Å²) in [5.41, 5.74) is 2.29. The van der Waals surface area contributed by atoms with Gasteiger partial charge in [0.2, 0.25) is 0 Å². The first kappa shape index (κ1) is 8.39. The zero-order valence-electron chi connectivity index (χ0n) is 5.89. The summed E-state index contributed by atoms with van der Waals surface area (Å²) in [4.78, 5) is 15.1. The highest BCUT2D eigenvalue weighted by atomic mass is 16.7. The van der Waals surface area contributed by atoms with Gasteiger partial charge in [-0.1, -0.05) is 0 Å². The topological polar surface area (TPSA) is 50.4 Å². The van der Waals surface area contributed by atoms with Gasteiger partial charge >= 0.3 is 5.97 Å². The van der Waals surface area contributed by atoms with Crippen LogP contribution >= 0.6 is 0 Å². The van der Waals surface area contributed by atoms with Gasteiger partial charge in [-0.25, -0.2) is 4.79 Å². The van der Waals surface area contributed by atoms with Crippen LogP contribution in [0.1, 0.15) is 6.92 Å². The molecule has 9 heavy (non-hydrogen) atoms. The Bertz CT molecular complexity index is 95.0. The molecule has 0 unspecified atom stereocenters. The summed E-state index contributed by atoms with van der Waals surface area (Å²) in [5, 5.41) is 2.73. The van der Waals surface area contributed by atoms with Crippen molar-refractivity contribution in [3.63, 3.8) is 0 Å². The number of carbonyl (C=O) groups excluding carboxylic acids is 1. The molecule has 0 heterocycles. The van der Waals surface area contributed by atoms with E-state index in [-0.39, 0.29) is 12.0 Å². The first-order valence-corrected chi connectivity index (χ1v) is 2.77. The SMILES string of the molecule is CNOC(=O)[C@H](C)NC. The molecular formula is C5H12N2O2. The van der Waals surface area contributed by atoms with Crippen molar-refractivity contribution in [2.45, 2.75) is 13.0 Å². The van der Waals surface area contributed by atoms with Crippen molar-refractivity contribution in [1.82, 2.24) is 10.8 Å². The molecule has 0 bridgehead atoms. The van der Waals surface area contributed by atoms with Crippen LogP contribution in [0, 0.1) is 0 Å². The summed E-state index contributed by atoms with van der Waals surface area (Å²) in [6.45, 7) is 1.72. The molecule has 0 aliphatic heterocycles. The summed E-state index contributed by atoms with van der Waals surface area (Å²) < 4.78 is 0. The third kappa shape index (κ3) is 3.05.